The van der Waals surface area contributed by atoms with Crippen molar-refractivity contribution in [1.82, 2.24) is 10.3 Å². The minimum atomic E-state index is -0.959. The van der Waals surface area contributed by atoms with Gasteiger partial charge >= 0.3 is 5.97 Å². The molecule has 13 heavy (non-hydrogen) atoms. The fourth-order valence-electron chi connectivity index (χ4n) is 0.867. The van der Waals surface area contributed by atoms with Crippen molar-refractivity contribution in [3.8, 4) is 0 Å². The number of thiazole rings is 1. The molecule has 1 rings (SSSR count). The number of likely N-dealkylation sites (N-methyl/N-ethyl adjacent to an activating group) is 1. The van der Waals surface area contributed by atoms with Crippen LogP contribution in [0.1, 0.15) is 22.4 Å². The van der Waals surface area contributed by atoms with Crippen LogP contribution in [-0.4, -0.2) is 29.1 Å². The molecule has 0 saturated heterocycles. The van der Waals surface area contributed by atoms with Crippen LogP contribution in [0.2, 0.25) is 0 Å². The van der Waals surface area contributed by atoms with Crippen molar-refractivity contribution in [3.05, 3.63) is 16.1 Å². The molecule has 4 nitrogen and oxygen atoms in total. The zero-order valence-electron chi connectivity index (χ0n) is 7.57. The van der Waals surface area contributed by atoms with Gasteiger partial charge in [-0.3, -0.25) is 0 Å². The zero-order chi connectivity index (χ0) is 9.84. The number of rotatable bonds is 4. The van der Waals surface area contributed by atoms with Gasteiger partial charge in [-0.2, -0.15) is 0 Å². The van der Waals surface area contributed by atoms with E-state index < -0.39 is 5.97 Å². The number of nitrogens with one attached hydrogen (secondary N) is 1. The number of carboxylic acids is 1. The summed E-state index contributed by atoms with van der Waals surface area (Å²) in [5.74, 6) is -0.959. The summed E-state index contributed by atoms with van der Waals surface area (Å²) in [6.07, 6.45) is 0.772. The summed E-state index contributed by atoms with van der Waals surface area (Å²) >= 11 is 1.39. The lowest BCUT2D eigenvalue weighted by Gasteiger charge is -2.05. The predicted octanol–water partition coefficient (Wildman–Crippen LogP) is 0.992. The van der Waals surface area contributed by atoms with E-state index in [1.165, 1.54) is 11.3 Å². The Kier molecular flexibility index (Phi) is 3.39. The molecule has 72 valence electrons. The first-order valence-corrected chi connectivity index (χ1v) is 4.86. The Labute approximate surface area is 80.6 Å². The van der Waals surface area contributed by atoms with Crippen molar-refractivity contribution in [2.24, 2.45) is 0 Å². The molecule has 1 aromatic heterocycles. The highest BCUT2D eigenvalue weighted by Crippen LogP contribution is 2.11. The Balaban J connectivity index is 2.64. The van der Waals surface area contributed by atoms with Crippen molar-refractivity contribution in [2.45, 2.75) is 19.4 Å². The molecule has 0 aliphatic rings. The van der Waals surface area contributed by atoms with Gasteiger partial charge in [0.15, 0.2) is 5.69 Å². The van der Waals surface area contributed by atoms with Crippen molar-refractivity contribution >= 4 is 17.3 Å². The maximum atomic E-state index is 10.5. The summed E-state index contributed by atoms with van der Waals surface area (Å²) in [7, 11) is 1.87. The molecule has 1 unspecified atom stereocenters. The van der Waals surface area contributed by atoms with E-state index in [2.05, 4.69) is 10.3 Å². The molecule has 0 bridgehead atoms. The molecule has 1 heterocycles. The van der Waals surface area contributed by atoms with Crippen molar-refractivity contribution in [2.75, 3.05) is 7.05 Å². The van der Waals surface area contributed by atoms with Crippen LogP contribution in [0.5, 0.6) is 0 Å². The lowest BCUT2D eigenvalue weighted by Crippen LogP contribution is -2.23. The molecule has 0 fully saturated rings. The van der Waals surface area contributed by atoms with Crippen LogP contribution >= 0.6 is 11.3 Å². The first-order chi connectivity index (χ1) is 6.13. The Bertz CT molecular complexity index is 298. The van der Waals surface area contributed by atoms with Crippen LogP contribution in [-0.2, 0) is 6.42 Å². The number of aromatic nitrogens is 1. The summed E-state index contributed by atoms with van der Waals surface area (Å²) in [4.78, 5) is 14.5. The highest BCUT2D eigenvalue weighted by Gasteiger charge is 2.09. The standard InChI is InChI=1S/C8H12N2O2S/c1-5(9-2)3-7-10-6(4-13-7)8(11)12/h4-5,9H,3H2,1-2H3,(H,11,12). The van der Waals surface area contributed by atoms with E-state index in [9.17, 15) is 4.79 Å². The number of carbonyl (C=O) groups is 1. The summed E-state index contributed by atoms with van der Waals surface area (Å²) in [5, 5.41) is 14.1. The molecule has 0 spiro atoms. The van der Waals surface area contributed by atoms with E-state index in [0.717, 1.165) is 11.4 Å². The molecular weight excluding hydrogens is 188 g/mol. The van der Waals surface area contributed by atoms with Gasteiger partial charge in [-0.05, 0) is 14.0 Å². The molecule has 0 radical (unpaired) electrons. The summed E-state index contributed by atoms with van der Waals surface area (Å²) in [6.45, 7) is 2.03. The lowest BCUT2D eigenvalue weighted by atomic mass is 10.2. The molecule has 0 saturated carbocycles. The first-order valence-electron chi connectivity index (χ1n) is 3.98. The Morgan fingerprint density at radius 1 is 1.85 bits per heavy atom. The number of hydrogen-bond donors (Lipinski definition) is 2. The van der Waals surface area contributed by atoms with Gasteiger partial charge in [-0.15, -0.1) is 11.3 Å². The molecule has 0 amide bonds. The number of carboxylic acid groups (broad SMARTS) is 1. The van der Waals surface area contributed by atoms with E-state index in [4.69, 9.17) is 5.11 Å². The van der Waals surface area contributed by atoms with Crippen LogP contribution in [0, 0.1) is 0 Å². The topological polar surface area (TPSA) is 62.2 Å². The smallest absolute Gasteiger partial charge is 0.355 e. The van der Waals surface area contributed by atoms with Crippen molar-refractivity contribution < 1.29 is 9.90 Å². The molecule has 0 aliphatic heterocycles. The summed E-state index contributed by atoms with van der Waals surface area (Å²) < 4.78 is 0. The average molecular weight is 200 g/mol. The summed E-state index contributed by atoms with van der Waals surface area (Å²) in [5.41, 5.74) is 0.142. The van der Waals surface area contributed by atoms with Crippen LogP contribution < -0.4 is 5.32 Å². The number of nitrogens with zero attached hydrogens (tertiary/aromatic N) is 1. The van der Waals surface area contributed by atoms with Gasteiger partial charge in [0.1, 0.15) is 0 Å². The molecule has 2 N–H and O–H groups in total. The molecule has 1 atom stereocenters. The normalized spacial score (nSPS) is 12.8. The largest absolute Gasteiger partial charge is 0.476 e. The quantitative estimate of drug-likeness (QED) is 0.761. The van der Waals surface area contributed by atoms with Crippen LogP contribution in [0.15, 0.2) is 5.38 Å². The zero-order valence-corrected chi connectivity index (χ0v) is 8.39. The first kappa shape index (κ1) is 10.1. The van der Waals surface area contributed by atoms with E-state index in [-0.39, 0.29) is 5.69 Å². The third kappa shape index (κ3) is 2.78. The minimum Gasteiger partial charge on any atom is -0.476 e. The maximum Gasteiger partial charge on any atom is 0.355 e. The number of aromatic carboxylic acids is 1. The second-order valence-electron chi connectivity index (χ2n) is 2.83. The van der Waals surface area contributed by atoms with Crippen LogP contribution in [0.4, 0.5) is 0 Å². The third-order valence-electron chi connectivity index (χ3n) is 1.74. The summed E-state index contributed by atoms with van der Waals surface area (Å²) in [6, 6.07) is 0.327. The van der Waals surface area contributed by atoms with Crippen LogP contribution in [0.3, 0.4) is 0 Å². The molecule has 5 heteroatoms. The van der Waals surface area contributed by atoms with Crippen molar-refractivity contribution in [1.29, 1.82) is 0 Å². The Hall–Kier alpha value is -0.940. The van der Waals surface area contributed by atoms with E-state index in [1.807, 2.05) is 14.0 Å². The van der Waals surface area contributed by atoms with Crippen molar-refractivity contribution in [3.63, 3.8) is 0 Å². The Morgan fingerprint density at radius 2 is 2.54 bits per heavy atom. The fraction of sp³-hybridized carbons (Fsp3) is 0.500. The minimum absolute atomic E-state index is 0.142. The van der Waals surface area contributed by atoms with Gasteiger partial charge in [0, 0.05) is 17.8 Å². The van der Waals surface area contributed by atoms with E-state index in [1.54, 1.807) is 5.38 Å². The van der Waals surface area contributed by atoms with Gasteiger partial charge in [0.2, 0.25) is 0 Å². The SMILES string of the molecule is CNC(C)Cc1nc(C(=O)O)cs1. The second-order valence-corrected chi connectivity index (χ2v) is 3.77. The number of hydrogen-bond acceptors (Lipinski definition) is 4. The highest BCUT2D eigenvalue weighted by molar-refractivity contribution is 7.09. The van der Waals surface area contributed by atoms with Gasteiger partial charge < -0.3 is 10.4 Å². The van der Waals surface area contributed by atoms with Gasteiger partial charge in [0.25, 0.3) is 0 Å². The van der Waals surface area contributed by atoms with Crippen LogP contribution in [0.25, 0.3) is 0 Å². The van der Waals surface area contributed by atoms with Gasteiger partial charge in [-0.1, -0.05) is 0 Å². The van der Waals surface area contributed by atoms with E-state index >= 15 is 0 Å². The second kappa shape index (κ2) is 4.34. The molecular formula is C8H12N2O2S. The third-order valence-corrected chi connectivity index (χ3v) is 2.62. The highest BCUT2D eigenvalue weighted by atomic mass is 32.1. The molecule has 0 aromatic carbocycles. The molecule has 0 aliphatic carbocycles. The lowest BCUT2D eigenvalue weighted by molar-refractivity contribution is 0.0691. The van der Waals surface area contributed by atoms with E-state index in [0.29, 0.717) is 6.04 Å². The average Bonchev–Trinajstić information content (AvgIpc) is 2.52. The van der Waals surface area contributed by atoms with Gasteiger partial charge in [0.05, 0.1) is 5.01 Å². The monoisotopic (exact) mass is 200 g/mol. The maximum absolute atomic E-state index is 10.5. The molecule has 1 aromatic rings. The predicted molar refractivity (Wildman–Crippen MR) is 51.3 cm³/mol. The fourth-order valence-corrected chi connectivity index (χ4v) is 1.77. The van der Waals surface area contributed by atoms with Gasteiger partial charge in [-0.25, -0.2) is 9.78 Å². The Morgan fingerprint density at radius 3 is 3.00 bits per heavy atom.